The quantitative estimate of drug-likeness (QED) is 0.611. The van der Waals surface area contributed by atoms with Gasteiger partial charge in [0.05, 0.1) is 0 Å². The predicted octanol–water partition coefficient (Wildman–Crippen LogP) is 1.68. The molecule has 0 bridgehead atoms. The van der Waals surface area contributed by atoms with Crippen LogP contribution in [0.1, 0.15) is 13.3 Å². The monoisotopic (exact) mass is 295 g/mol. The molecule has 0 aliphatic carbocycles. The van der Waals surface area contributed by atoms with Crippen molar-refractivity contribution in [2.75, 3.05) is 6.54 Å². The van der Waals surface area contributed by atoms with Crippen molar-refractivity contribution in [3.8, 4) is 5.75 Å². The molecule has 1 aromatic rings. The fourth-order valence-electron chi connectivity index (χ4n) is 1.23. The first-order chi connectivity index (χ1) is 8.27. The van der Waals surface area contributed by atoms with Gasteiger partial charge >= 0.3 is 18.1 Å². The number of hydrogen-bond donors (Lipinski definition) is 2. The van der Waals surface area contributed by atoms with Gasteiger partial charge in [0, 0.05) is 6.54 Å². The molecule has 1 atom stereocenters. The molecule has 0 aliphatic rings. The number of nitrogens with zero attached hydrogens (tertiary/aromatic N) is 1. The van der Waals surface area contributed by atoms with Crippen LogP contribution < -0.4 is 4.52 Å². The summed E-state index contributed by atoms with van der Waals surface area (Å²) in [5, 5.41) is 0. The Labute approximate surface area is 105 Å². The molecule has 0 heterocycles. The van der Waals surface area contributed by atoms with Crippen molar-refractivity contribution >= 4 is 18.1 Å². The van der Waals surface area contributed by atoms with Gasteiger partial charge in [-0.2, -0.15) is 8.42 Å². The summed E-state index contributed by atoms with van der Waals surface area (Å²) in [4.78, 5) is 9.61. The topological polar surface area (TPSA) is 104 Å². The predicted molar refractivity (Wildman–Crippen MR) is 65.4 cm³/mol. The molecular weight excluding hydrogens is 281 g/mol. The van der Waals surface area contributed by atoms with Crippen LogP contribution in [0, 0.1) is 0 Å². The summed E-state index contributed by atoms with van der Waals surface area (Å²) in [7, 11) is -9.48. The summed E-state index contributed by atoms with van der Waals surface area (Å²) < 4.78 is 47.6. The Hall–Kier alpha value is -0.920. The van der Waals surface area contributed by atoms with Crippen LogP contribution in [0.4, 0.5) is 0 Å². The van der Waals surface area contributed by atoms with Crippen molar-refractivity contribution in [2.45, 2.75) is 13.3 Å². The largest absolute Gasteiger partial charge is 0.474 e. The smallest absolute Gasteiger partial charge is 0.413 e. The molecule has 0 radical (unpaired) electrons. The normalized spacial score (nSPS) is 15.3. The second kappa shape index (κ2) is 5.81. The van der Waals surface area contributed by atoms with E-state index in [4.69, 9.17) is 9.08 Å². The van der Waals surface area contributed by atoms with Crippen molar-refractivity contribution in [1.82, 2.24) is 4.08 Å². The van der Waals surface area contributed by atoms with Gasteiger partial charge in [0.2, 0.25) is 0 Å². The highest BCUT2D eigenvalue weighted by Gasteiger charge is 2.39. The summed E-state index contributed by atoms with van der Waals surface area (Å²) >= 11 is 0. The van der Waals surface area contributed by atoms with E-state index in [2.05, 4.69) is 0 Å². The highest BCUT2D eigenvalue weighted by molar-refractivity contribution is 7.89. The average Bonchev–Trinajstić information content (AvgIpc) is 2.24. The lowest BCUT2D eigenvalue weighted by atomic mass is 10.3. The van der Waals surface area contributed by atoms with Gasteiger partial charge in [-0.05, 0) is 18.6 Å². The molecule has 0 amide bonds. The minimum Gasteiger partial charge on any atom is -0.413 e. The van der Waals surface area contributed by atoms with E-state index in [0.29, 0.717) is 0 Å². The van der Waals surface area contributed by atoms with Crippen molar-refractivity contribution < 1.29 is 27.0 Å². The first-order valence-electron chi connectivity index (χ1n) is 5.10. The summed E-state index contributed by atoms with van der Waals surface area (Å²) in [6.07, 6.45) is 0.252. The summed E-state index contributed by atoms with van der Waals surface area (Å²) in [6.45, 7) is 1.28. The molecule has 0 spiro atoms. The Bertz CT molecular complexity index is 531. The highest BCUT2D eigenvalue weighted by atomic mass is 32.2. The van der Waals surface area contributed by atoms with Crippen LogP contribution in [0.15, 0.2) is 30.3 Å². The molecule has 18 heavy (non-hydrogen) atoms. The van der Waals surface area contributed by atoms with Gasteiger partial charge < -0.3 is 9.42 Å². The minimum absolute atomic E-state index is 0.0353. The summed E-state index contributed by atoms with van der Waals surface area (Å²) in [5.41, 5.74) is 0. The van der Waals surface area contributed by atoms with Gasteiger partial charge in [0.15, 0.2) is 0 Å². The first-order valence-corrected chi connectivity index (χ1v) is 8.03. The molecule has 102 valence electrons. The zero-order valence-corrected chi connectivity index (χ0v) is 11.3. The maximum Gasteiger partial charge on any atom is 0.474 e. The maximum atomic E-state index is 11.8. The van der Waals surface area contributed by atoms with E-state index in [1.54, 1.807) is 25.1 Å². The van der Waals surface area contributed by atoms with E-state index in [1.165, 1.54) is 12.1 Å². The molecule has 0 fully saturated rings. The van der Waals surface area contributed by atoms with Gasteiger partial charge in [0.25, 0.3) is 0 Å². The Morgan fingerprint density at radius 2 is 1.89 bits per heavy atom. The molecular formula is C9H14NO6PS. The van der Waals surface area contributed by atoms with Gasteiger partial charge in [-0.15, -0.1) is 0 Å². The zero-order chi connectivity index (χ0) is 13.8. The number of hydrogen-bond acceptors (Lipinski definition) is 4. The molecule has 7 nitrogen and oxygen atoms in total. The van der Waals surface area contributed by atoms with Crippen molar-refractivity contribution in [3.05, 3.63) is 30.3 Å². The van der Waals surface area contributed by atoms with Crippen molar-refractivity contribution in [3.63, 3.8) is 0 Å². The van der Waals surface area contributed by atoms with Crippen LogP contribution in [0.2, 0.25) is 0 Å². The highest BCUT2D eigenvalue weighted by Crippen LogP contribution is 2.48. The van der Waals surface area contributed by atoms with Crippen LogP contribution in [0.25, 0.3) is 0 Å². The third kappa shape index (κ3) is 4.08. The van der Waals surface area contributed by atoms with Gasteiger partial charge in [-0.3, -0.25) is 4.55 Å². The van der Waals surface area contributed by atoms with Gasteiger partial charge in [-0.1, -0.05) is 29.2 Å². The lowest BCUT2D eigenvalue weighted by Crippen LogP contribution is -2.30. The fraction of sp³-hybridized carbons (Fsp3) is 0.333. The van der Waals surface area contributed by atoms with E-state index in [1.807, 2.05) is 0 Å². The maximum absolute atomic E-state index is 11.8. The molecule has 0 saturated carbocycles. The van der Waals surface area contributed by atoms with E-state index < -0.39 is 18.1 Å². The van der Waals surface area contributed by atoms with Crippen molar-refractivity contribution in [2.24, 2.45) is 0 Å². The average molecular weight is 295 g/mol. The van der Waals surface area contributed by atoms with Crippen LogP contribution in [0.3, 0.4) is 0 Å². The Morgan fingerprint density at radius 1 is 1.33 bits per heavy atom. The van der Waals surface area contributed by atoms with E-state index >= 15 is 0 Å². The number of rotatable bonds is 6. The van der Waals surface area contributed by atoms with Crippen LogP contribution in [-0.2, 0) is 14.9 Å². The molecule has 9 heteroatoms. The van der Waals surface area contributed by atoms with Crippen LogP contribution in [0.5, 0.6) is 5.75 Å². The summed E-state index contributed by atoms with van der Waals surface area (Å²) in [5.74, 6) is 0.0353. The SMILES string of the molecule is CCCN(P(=O)(O)Oc1ccccc1)S(=O)(=O)O. The van der Waals surface area contributed by atoms with Gasteiger partial charge in [0.1, 0.15) is 5.75 Å². The Balaban J connectivity index is 3.00. The second-order valence-corrected chi connectivity index (χ2v) is 6.67. The van der Waals surface area contributed by atoms with Crippen LogP contribution >= 0.6 is 7.75 Å². The Kier molecular flexibility index (Phi) is 4.89. The third-order valence-corrected chi connectivity index (χ3v) is 5.10. The zero-order valence-electron chi connectivity index (χ0n) is 9.63. The molecule has 1 aromatic carbocycles. The standard InChI is InChI=1S/C9H14NO6PS/c1-2-8-10(18(13,14)15)17(11,12)16-9-6-4-3-5-7-9/h3-7H,2,8H2,1H3,(H,11,12)(H,13,14,15). The Morgan fingerprint density at radius 3 is 2.33 bits per heavy atom. The first kappa shape index (κ1) is 15.1. The molecule has 1 rings (SSSR count). The molecule has 2 N–H and O–H groups in total. The van der Waals surface area contributed by atoms with Gasteiger partial charge in [-0.25, -0.2) is 4.57 Å². The fourth-order valence-corrected chi connectivity index (χ4v) is 3.72. The van der Waals surface area contributed by atoms with Crippen LogP contribution in [-0.4, -0.2) is 28.5 Å². The van der Waals surface area contributed by atoms with E-state index in [-0.39, 0.29) is 22.8 Å². The van der Waals surface area contributed by atoms with E-state index in [9.17, 15) is 17.9 Å². The molecule has 0 saturated heterocycles. The lowest BCUT2D eigenvalue weighted by Gasteiger charge is -2.22. The third-order valence-electron chi connectivity index (χ3n) is 1.93. The second-order valence-electron chi connectivity index (χ2n) is 3.42. The molecule has 0 aromatic heterocycles. The minimum atomic E-state index is -4.81. The number of benzene rings is 1. The van der Waals surface area contributed by atoms with E-state index in [0.717, 1.165) is 0 Å². The molecule has 1 unspecified atom stereocenters. The van der Waals surface area contributed by atoms with Crippen molar-refractivity contribution in [1.29, 1.82) is 0 Å². The number of para-hydroxylation sites is 1. The molecule has 0 aliphatic heterocycles. The lowest BCUT2D eigenvalue weighted by molar-refractivity contribution is 0.312. The summed E-state index contributed by atoms with van der Waals surface area (Å²) in [6, 6.07) is 7.59.